The van der Waals surface area contributed by atoms with Crippen LogP contribution in [0.15, 0.2) is 36.4 Å². The van der Waals surface area contributed by atoms with Crippen molar-refractivity contribution < 1.29 is 44.3 Å². The molecule has 2 aromatic rings. The van der Waals surface area contributed by atoms with E-state index in [9.17, 15) is 0 Å². The second-order valence-corrected chi connectivity index (χ2v) is 4.20. The Bertz CT molecular complexity index is 644. The molecule has 0 saturated carbocycles. The maximum Gasteiger partial charge on any atom is 0.387 e. The zero-order chi connectivity index (χ0) is 13.1. The number of hydrogen-bond donors (Lipinski definition) is 0. The molecule has 2 rings (SSSR count). The largest absolute Gasteiger partial charge is 1.00 e. The smallest absolute Gasteiger partial charge is 0.387 e. The van der Waals surface area contributed by atoms with E-state index in [4.69, 9.17) is 10.8 Å². The Morgan fingerprint density at radius 2 is 1.05 bits per heavy atom. The van der Waals surface area contributed by atoms with Gasteiger partial charge in [0.05, 0.1) is 0 Å². The molecular formula is C14H12Cl2N4Zn. The van der Waals surface area contributed by atoms with Crippen molar-refractivity contribution in [3.05, 3.63) is 57.5 Å². The average molecular weight is 373 g/mol. The van der Waals surface area contributed by atoms with Crippen LogP contribution in [0.3, 0.4) is 0 Å². The van der Waals surface area contributed by atoms with Crippen LogP contribution in [-0.4, -0.2) is 0 Å². The van der Waals surface area contributed by atoms with Gasteiger partial charge in [0.1, 0.15) is 0 Å². The number of aryl methyl sites for hydroxylation is 2. The minimum absolute atomic E-state index is 0. The maximum atomic E-state index is 8.78. The number of halogens is 2. The van der Waals surface area contributed by atoms with Gasteiger partial charge in [-0.1, -0.05) is 0 Å². The van der Waals surface area contributed by atoms with Gasteiger partial charge in [-0.05, 0) is 49.2 Å². The van der Waals surface area contributed by atoms with Gasteiger partial charge in [-0.3, -0.25) is 0 Å². The summed E-state index contributed by atoms with van der Waals surface area (Å²) in [6.07, 6.45) is 0. The number of rotatable bonds is 1. The van der Waals surface area contributed by atoms with Crippen LogP contribution < -0.4 is 24.8 Å². The van der Waals surface area contributed by atoms with Gasteiger partial charge >= 0.3 is 11.4 Å². The van der Waals surface area contributed by atoms with Gasteiger partial charge in [-0.2, -0.15) is 0 Å². The summed E-state index contributed by atoms with van der Waals surface area (Å²) in [5.41, 5.74) is 5.02. The quantitative estimate of drug-likeness (QED) is 0.474. The number of benzene rings is 2. The van der Waals surface area contributed by atoms with E-state index in [1.54, 1.807) is 12.1 Å². The first-order valence-corrected chi connectivity index (χ1v) is 5.57. The van der Waals surface area contributed by atoms with Gasteiger partial charge in [-0.15, -0.1) is 0 Å². The standard InChI is InChI=1S/C14H12N4.2ClH.Zn/c1-9-7-11(3-5-13(9)17-15)12-4-6-14(18-16)10(2)8-12;;;/h3-8H,1-2H3;2*1H;/q+2;;;/p-2. The molecule has 0 saturated heterocycles. The first kappa shape index (κ1) is 21.8. The van der Waals surface area contributed by atoms with Crippen molar-refractivity contribution in [2.45, 2.75) is 13.8 Å². The average Bonchev–Trinajstić information content (AvgIpc) is 2.38. The Morgan fingerprint density at radius 1 is 0.714 bits per heavy atom. The summed E-state index contributed by atoms with van der Waals surface area (Å²) >= 11 is 0. The maximum absolute atomic E-state index is 8.78. The molecule has 0 aromatic heterocycles. The minimum Gasteiger partial charge on any atom is -1.00 e. The van der Waals surface area contributed by atoms with E-state index in [2.05, 4.69) is 9.95 Å². The van der Waals surface area contributed by atoms with Crippen LogP contribution in [0.1, 0.15) is 11.1 Å². The van der Waals surface area contributed by atoms with Gasteiger partial charge in [0, 0.05) is 42.7 Å². The van der Waals surface area contributed by atoms with Gasteiger partial charge in [0.25, 0.3) is 0 Å². The van der Waals surface area contributed by atoms with Crippen LogP contribution >= 0.6 is 0 Å². The molecule has 4 nitrogen and oxygen atoms in total. The molecule has 0 heterocycles. The molecule has 0 aliphatic heterocycles. The Kier molecular flexibility index (Phi) is 9.77. The van der Waals surface area contributed by atoms with Crippen molar-refractivity contribution in [1.29, 1.82) is 10.8 Å². The van der Waals surface area contributed by atoms with Crippen molar-refractivity contribution in [3.63, 3.8) is 0 Å². The van der Waals surface area contributed by atoms with Crippen LogP contribution in [-0.2, 0) is 19.5 Å². The third-order valence-corrected chi connectivity index (χ3v) is 2.94. The van der Waals surface area contributed by atoms with Gasteiger partial charge < -0.3 is 24.8 Å². The van der Waals surface area contributed by atoms with Crippen LogP contribution in [0.25, 0.3) is 21.1 Å². The number of diazo groups is 2. The van der Waals surface area contributed by atoms with E-state index in [1.165, 1.54) is 0 Å². The Balaban J connectivity index is 0. The molecule has 2 aromatic carbocycles. The predicted octanol–water partition coefficient (Wildman–Crippen LogP) is -1.05. The van der Waals surface area contributed by atoms with E-state index >= 15 is 0 Å². The van der Waals surface area contributed by atoms with E-state index in [1.807, 2.05) is 38.1 Å². The normalized spacial score (nSPS) is 8.19. The Labute approximate surface area is 148 Å². The van der Waals surface area contributed by atoms with Crippen molar-refractivity contribution in [2.75, 3.05) is 0 Å². The molecule has 7 heteroatoms. The van der Waals surface area contributed by atoms with Crippen LogP contribution in [0.5, 0.6) is 0 Å². The van der Waals surface area contributed by atoms with E-state index in [0.29, 0.717) is 11.4 Å². The van der Waals surface area contributed by atoms with Crippen LogP contribution in [0, 0.1) is 24.6 Å². The first-order valence-electron chi connectivity index (χ1n) is 5.57. The molecule has 0 amide bonds. The number of hydrogen-bond acceptors (Lipinski definition) is 2. The molecule has 0 aliphatic carbocycles. The second kappa shape index (κ2) is 9.43. The Hall–Kier alpha value is -1.52. The fourth-order valence-electron chi connectivity index (χ4n) is 1.89. The third-order valence-electron chi connectivity index (χ3n) is 2.94. The van der Waals surface area contributed by atoms with E-state index in [0.717, 1.165) is 22.3 Å². The molecule has 0 spiro atoms. The molecule has 0 N–H and O–H groups in total. The van der Waals surface area contributed by atoms with Crippen molar-refractivity contribution in [3.8, 4) is 11.1 Å². The van der Waals surface area contributed by atoms with Gasteiger partial charge in [0.2, 0.25) is 10.8 Å². The third kappa shape index (κ3) is 4.76. The van der Waals surface area contributed by atoms with Crippen molar-refractivity contribution in [1.82, 2.24) is 0 Å². The van der Waals surface area contributed by atoms with Crippen LogP contribution in [0.2, 0.25) is 0 Å². The summed E-state index contributed by atoms with van der Waals surface area (Å²) in [6.45, 7) is 3.78. The van der Waals surface area contributed by atoms with E-state index < -0.39 is 0 Å². The van der Waals surface area contributed by atoms with Crippen molar-refractivity contribution in [2.24, 2.45) is 0 Å². The molecule has 0 aliphatic rings. The van der Waals surface area contributed by atoms with Gasteiger partial charge in [-0.25, -0.2) is 0 Å². The zero-order valence-electron chi connectivity index (χ0n) is 11.7. The molecule has 0 atom stereocenters. The summed E-state index contributed by atoms with van der Waals surface area (Å²) in [5, 5.41) is 17.6. The minimum atomic E-state index is 0. The molecule has 0 unspecified atom stereocenters. The van der Waals surface area contributed by atoms with E-state index in [-0.39, 0.29) is 44.3 Å². The predicted molar refractivity (Wildman–Crippen MR) is 70.8 cm³/mol. The summed E-state index contributed by atoms with van der Waals surface area (Å²) in [5.74, 6) is 0. The summed E-state index contributed by atoms with van der Waals surface area (Å²) in [7, 11) is 0. The molecule has 0 radical (unpaired) electrons. The van der Waals surface area contributed by atoms with Crippen molar-refractivity contribution >= 4 is 11.4 Å². The van der Waals surface area contributed by atoms with Gasteiger partial charge in [0.15, 0.2) is 9.95 Å². The molecule has 0 fully saturated rings. The molecule has 0 bridgehead atoms. The van der Waals surface area contributed by atoms with Crippen LogP contribution in [0.4, 0.5) is 11.4 Å². The summed E-state index contributed by atoms with van der Waals surface area (Å²) in [6, 6.07) is 11.2. The Morgan fingerprint density at radius 3 is 1.29 bits per heavy atom. The monoisotopic (exact) mass is 370 g/mol. The molecule has 21 heavy (non-hydrogen) atoms. The fraction of sp³-hybridized carbons (Fsp3) is 0.143. The summed E-state index contributed by atoms with van der Waals surface area (Å²) < 4.78 is 0. The SMILES string of the molecule is Cc1cc(-c2ccc([N+]#N)c(C)c2)ccc1[N+]#N.[Cl-].[Cl-].[Zn]. The molecule has 104 valence electrons. The fourth-order valence-corrected chi connectivity index (χ4v) is 1.89. The summed E-state index contributed by atoms with van der Waals surface area (Å²) in [4.78, 5) is 6.40. The zero-order valence-corrected chi connectivity index (χ0v) is 16.2. The topological polar surface area (TPSA) is 56.3 Å². The number of nitrogens with zero attached hydrogens (tertiary/aromatic N) is 4. The molecular weight excluding hydrogens is 360 g/mol. The first-order chi connectivity index (χ1) is 8.65. The second-order valence-electron chi connectivity index (χ2n) is 4.20.